The molecule has 0 amide bonds. The Balaban J connectivity index is 0.000000290. The van der Waals surface area contributed by atoms with E-state index >= 15 is 0 Å². The Morgan fingerprint density at radius 1 is 0.939 bits per heavy atom. The van der Waals surface area contributed by atoms with E-state index in [4.69, 9.17) is 0 Å². The number of fused-ring (bicyclic) bond motifs is 6. The topological polar surface area (TPSA) is 54.1 Å². The van der Waals surface area contributed by atoms with Crippen LogP contribution in [0.2, 0.25) is 17.3 Å². The SMILES string of the molecule is CCC(CC)C(=O)/C=C(\O)C(CC)CC.[CH2-][n+]1c(-c2[c-]c(C)cc3c2sc2ncccc23)c[c]([Ge]([CH3])([CH3])[CH3])c2c3ccccc3ccc21.[Ir]. The van der Waals surface area contributed by atoms with Gasteiger partial charge in [0, 0.05) is 38.0 Å². The molecule has 6 rings (SSSR count). The molecule has 0 fully saturated rings. The number of carbonyl (C=O) groups excluding carboxylic acids is 1. The van der Waals surface area contributed by atoms with Crippen molar-refractivity contribution >= 4 is 76.8 Å². The van der Waals surface area contributed by atoms with Crippen LogP contribution in [0, 0.1) is 31.9 Å². The molecule has 0 aliphatic rings. The molecule has 3 aromatic heterocycles. The number of aryl methyl sites for hydroxylation is 1. The van der Waals surface area contributed by atoms with E-state index in [-0.39, 0.29) is 43.5 Å². The zero-order valence-corrected chi connectivity index (χ0v) is 35.4. The molecule has 0 atom stereocenters. The molecule has 49 heavy (non-hydrogen) atoms. The van der Waals surface area contributed by atoms with Gasteiger partial charge in [0.15, 0.2) is 5.78 Å². The molecular formula is C42H49GeIrN2O2S-. The molecule has 3 heterocycles. The Morgan fingerprint density at radius 2 is 1.59 bits per heavy atom. The Morgan fingerprint density at radius 3 is 2.24 bits per heavy atom. The average molecular weight is 911 g/mol. The van der Waals surface area contributed by atoms with Gasteiger partial charge in [-0.3, -0.25) is 4.79 Å². The summed E-state index contributed by atoms with van der Waals surface area (Å²) in [7, 11) is 4.55. The van der Waals surface area contributed by atoms with E-state index < -0.39 is 13.3 Å². The number of hydrogen-bond donors (Lipinski definition) is 1. The van der Waals surface area contributed by atoms with Crippen LogP contribution in [0.4, 0.5) is 0 Å². The molecule has 1 radical (unpaired) electrons. The summed E-state index contributed by atoms with van der Waals surface area (Å²) in [5.74, 6) is 7.98. The maximum Gasteiger partial charge on any atom is 0 e. The number of carbonyl (C=O) groups is 1. The molecule has 0 unspecified atom stereocenters. The van der Waals surface area contributed by atoms with Gasteiger partial charge in [0.05, 0.1) is 5.76 Å². The summed E-state index contributed by atoms with van der Waals surface area (Å²) in [5.41, 5.74) is 4.59. The van der Waals surface area contributed by atoms with Gasteiger partial charge in [0.1, 0.15) is 0 Å². The molecule has 7 heteroatoms. The summed E-state index contributed by atoms with van der Waals surface area (Å²) in [5, 5.41) is 16.2. The first-order valence-corrected chi connectivity index (χ1v) is 25.5. The fourth-order valence-electron chi connectivity index (χ4n) is 6.73. The first-order chi connectivity index (χ1) is 22.9. The molecule has 3 aromatic carbocycles. The number of ketones is 1. The molecular weight excluding hydrogens is 861 g/mol. The van der Waals surface area contributed by atoms with E-state index in [1.807, 2.05) is 40.0 Å². The van der Waals surface area contributed by atoms with Crippen molar-refractivity contribution in [3.8, 4) is 11.3 Å². The van der Waals surface area contributed by atoms with Crippen LogP contribution in [0.1, 0.15) is 58.9 Å². The Kier molecular flexibility index (Phi) is 12.9. The molecule has 0 saturated carbocycles. The number of hydrogen-bond acceptors (Lipinski definition) is 4. The number of benzene rings is 3. The van der Waals surface area contributed by atoms with Gasteiger partial charge in [0.25, 0.3) is 0 Å². The van der Waals surface area contributed by atoms with Crippen molar-refractivity contribution in [2.75, 3.05) is 0 Å². The fourth-order valence-corrected chi connectivity index (χ4v) is 11.2. The number of rotatable bonds is 9. The number of aromatic nitrogens is 2. The zero-order chi connectivity index (χ0) is 34.7. The van der Waals surface area contributed by atoms with Crippen molar-refractivity contribution in [1.29, 1.82) is 0 Å². The first kappa shape index (κ1) is 38.8. The maximum atomic E-state index is 11.7. The molecule has 0 saturated heterocycles. The predicted molar refractivity (Wildman–Crippen MR) is 209 cm³/mol. The molecule has 0 spiro atoms. The molecule has 0 bridgehead atoms. The van der Waals surface area contributed by atoms with Crippen molar-refractivity contribution in [3.05, 3.63) is 97.4 Å². The van der Waals surface area contributed by atoms with Crippen LogP contribution in [0.5, 0.6) is 0 Å². The van der Waals surface area contributed by atoms with E-state index in [0.717, 1.165) is 47.3 Å². The van der Waals surface area contributed by atoms with Crippen LogP contribution < -0.4 is 8.96 Å². The third-order valence-electron chi connectivity index (χ3n) is 9.60. The maximum absolute atomic E-state index is 11.7. The zero-order valence-electron chi connectivity index (χ0n) is 30.1. The van der Waals surface area contributed by atoms with E-state index in [9.17, 15) is 9.90 Å². The van der Waals surface area contributed by atoms with E-state index in [1.165, 1.54) is 47.6 Å². The van der Waals surface area contributed by atoms with Gasteiger partial charge in [-0.1, -0.05) is 27.7 Å². The summed E-state index contributed by atoms with van der Waals surface area (Å²) >= 11 is -0.502. The number of thiophene rings is 1. The van der Waals surface area contributed by atoms with Crippen molar-refractivity contribution in [3.63, 3.8) is 0 Å². The van der Waals surface area contributed by atoms with Gasteiger partial charge in [-0.05, 0) is 25.7 Å². The largest absolute Gasteiger partial charge is 0 e. The minimum absolute atomic E-state index is 0. The van der Waals surface area contributed by atoms with E-state index in [1.54, 1.807) is 11.3 Å². The molecule has 0 aliphatic carbocycles. The summed E-state index contributed by atoms with van der Waals surface area (Å²) in [6, 6.07) is 25.7. The van der Waals surface area contributed by atoms with Gasteiger partial charge in [-0.25, -0.2) is 0 Å². The normalized spacial score (nSPS) is 12.2. The Labute approximate surface area is 312 Å². The van der Waals surface area contributed by atoms with Gasteiger partial charge in [-0.2, -0.15) is 0 Å². The molecule has 6 aromatic rings. The summed E-state index contributed by atoms with van der Waals surface area (Å²) in [4.78, 5) is 17.4. The van der Waals surface area contributed by atoms with Gasteiger partial charge in [0.2, 0.25) is 0 Å². The van der Waals surface area contributed by atoms with Crippen molar-refractivity contribution in [1.82, 2.24) is 4.98 Å². The summed E-state index contributed by atoms with van der Waals surface area (Å²) in [6.07, 6.45) is 6.78. The van der Waals surface area contributed by atoms with Crippen LogP contribution in [0.3, 0.4) is 0 Å². The van der Waals surface area contributed by atoms with Crippen LogP contribution in [-0.4, -0.2) is 29.1 Å². The summed E-state index contributed by atoms with van der Waals surface area (Å²) < 4.78 is 4.88. The fraction of sp³-hybridized carbons (Fsp3) is 0.333. The van der Waals surface area contributed by atoms with Crippen molar-refractivity contribution in [2.45, 2.75) is 77.6 Å². The minimum atomic E-state index is -2.26. The second-order valence-electron chi connectivity index (χ2n) is 13.8. The van der Waals surface area contributed by atoms with Gasteiger partial charge >= 0.3 is 202 Å². The second-order valence-corrected chi connectivity index (χ2v) is 25.4. The Bertz CT molecular complexity index is 2140. The number of allylic oxidation sites excluding steroid dienone is 2. The molecule has 1 N–H and O–H groups in total. The van der Waals surface area contributed by atoms with E-state index in [0.29, 0.717) is 0 Å². The quantitative estimate of drug-likeness (QED) is 0.0393. The van der Waals surface area contributed by atoms with Crippen molar-refractivity contribution in [2.24, 2.45) is 11.8 Å². The van der Waals surface area contributed by atoms with Crippen molar-refractivity contribution < 1.29 is 34.6 Å². The smallest absolute Gasteiger partial charge is 0 e. The average Bonchev–Trinajstić information content (AvgIpc) is 3.44. The number of aliphatic hydroxyl groups excluding tert-OH is 1. The predicted octanol–water partition coefficient (Wildman–Crippen LogP) is 10.9. The van der Waals surface area contributed by atoms with E-state index in [2.05, 4.69) is 101 Å². The number of nitrogens with zero attached hydrogens (tertiary/aromatic N) is 2. The molecule has 4 nitrogen and oxygen atoms in total. The van der Waals surface area contributed by atoms with Crippen LogP contribution in [0.25, 0.3) is 53.2 Å². The second kappa shape index (κ2) is 16.3. The standard InChI is InChI=1S/C29H25GeN2S.C13H24O2.Ir/c1-18-15-22-21-11-8-14-31-29(21)33-28(22)23(16-18)26-17-24(30(2,3)4)27-20-10-7-6-9-19(20)12-13-25(27)32(26)5;1-5-10(6-2)12(14)9-13(15)11(7-3)8-4;/h6-15,17H,5H2,1-4H3;9-11,14H,5-8H2,1-4H3;/q-1;;/b;12-9-;. The van der Waals surface area contributed by atoms with Gasteiger partial charge < -0.3 is 5.11 Å². The third kappa shape index (κ3) is 7.99. The number of pyridine rings is 2. The number of aliphatic hydroxyl groups is 1. The van der Waals surface area contributed by atoms with Gasteiger partial charge in [-0.15, -0.1) is 0 Å². The Hall–Kier alpha value is -3.03. The van der Waals surface area contributed by atoms with Crippen LogP contribution >= 0.6 is 11.3 Å². The molecule has 0 aliphatic heterocycles. The minimum Gasteiger partial charge on any atom is 0 e. The molecule has 259 valence electrons. The summed E-state index contributed by atoms with van der Waals surface area (Å²) in [6.45, 7) is 10.2. The third-order valence-corrected chi connectivity index (χ3v) is 15.0. The monoisotopic (exact) mass is 912 g/mol. The van der Waals surface area contributed by atoms with Crippen LogP contribution in [0.15, 0.2) is 78.7 Å². The first-order valence-electron chi connectivity index (χ1n) is 17.3. The van der Waals surface area contributed by atoms with Crippen LogP contribution in [-0.2, 0) is 24.9 Å².